The van der Waals surface area contributed by atoms with Crippen LogP contribution >= 0.6 is 0 Å². The van der Waals surface area contributed by atoms with Crippen LogP contribution in [0.5, 0.6) is 0 Å². The lowest BCUT2D eigenvalue weighted by Crippen LogP contribution is -2.30. The van der Waals surface area contributed by atoms with Crippen LogP contribution in [-0.4, -0.2) is 37.2 Å². The number of allylic oxidation sites excluding steroid dienone is 6. The van der Waals surface area contributed by atoms with E-state index in [4.69, 9.17) is 14.2 Å². The van der Waals surface area contributed by atoms with Gasteiger partial charge in [0.25, 0.3) is 0 Å². The summed E-state index contributed by atoms with van der Waals surface area (Å²) in [5.74, 6) is -0.848. The molecule has 0 fully saturated rings. The first-order chi connectivity index (χ1) is 36.5. The molecule has 6 heteroatoms. The minimum Gasteiger partial charge on any atom is -0.462 e. The summed E-state index contributed by atoms with van der Waals surface area (Å²) in [6.07, 6.45) is 77.2. The molecule has 0 saturated carbocycles. The predicted molar refractivity (Wildman–Crippen MR) is 321 cm³/mol. The Hall–Kier alpha value is -2.37. The highest BCUT2D eigenvalue weighted by Gasteiger charge is 2.19. The van der Waals surface area contributed by atoms with Gasteiger partial charge in [0.15, 0.2) is 6.10 Å². The SMILES string of the molecule is CCCCCCC/C=C\C/C=C\C/C=C\CCCCCCCCCCC(=O)OCC(COC(=O)CCCCCCCCCCCCCCCCCC)OC(=O)CCCCCCCCCCCCCCCCCCC. The quantitative estimate of drug-likeness (QED) is 0.0261. The van der Waals surface area contributed by atoms with Crippen molar-refractivity contribution in [1.29, 1.82) is 0 Å². The van der Waals surface area contributed by atoms with E-state index in [1.165, 1.54) is 244 Å². The van der Waals surface area contributed by atoms with Gasteiger partial charge in [0.2, 0.25) is 0 Å². The van der Waals surface area contributed by atoms with Gasteiger partial charge in [-0.05, 0) is 57.8 Å². The fourth-order valence-electron chi connectivity index (χ4n) is 9.92. The van der Waals surface area contributed by atoms with Crippen molar-refractivity contribution in [2.24, 2.45) is 0 Å². The predicted octanol–water partition coefficient (Wildman–Crippen LogP) is 22.4. The summed E-state index contributed by atoms with van der Waals surface area (Å²) in [6.45, 7) is 6.69. The molecule has 1 unspecified atom stereocenters. The van der Waals surface area contributed by atoms with Crippen LogP contribution in [0.25, 0.3) is 0 Å². The Bertz CT molecular complexity index is 1240. The van der Waals surface area contributed by atoms with Gasteiger partial charge in [-0.15, -0.1) is 0 Å². The zero-order valence-electron chi connectivity index (χ0n) is 49.9. The molecule has 0 saturated heterocycles. The van der Waals surface area contributed by atoms with E-state index in [9.17, 15) is 14.4 Å². The van der Waals surface area contributed by atoms with Crippen LogP contribution in [0, 0.1) is 0 Å². The van der Waals surface area contributed by atoms with E-state index in [0.717, 1.165) is 77.0 Å². The number of carbonyl (C=O) groups excluding carboxylic acids is 3. The number of ether oxygens (including phenoxy) is 3. The molecule has 0 aliphatic rings. The molecule has 434 valence electrons. The maximum Gasteiger partial charge on any atom is 0.306 e. The van der Waals surface area contributed by atoms with Gasteiger partial charge in [-0.3, -0.25) is 14.4 Å². The van der Waals surface area contributed by atoms with Gasteiger partial charge in [-0.2, -0.15) is 0 Å². The molecule has 0 aromatic rings. The molecule has 0 amide bonds. The zero-order valence-corrected chi connectivity index (χ0v) is 49.9. The first-order valence-corrected chi connectivity index (χ1v) is 33.0. The van der Waals surface area contributed by atoms with Gasteiger partial charge in [0, 0.05) is 19.3 Å². The second-order valence-corrected chi connectivity index (χ2v) is 22.4. The molecule has 0 bridgehead atoms. The van der Waals surface area contributed by atoms with Crippen molar-refractivity contribution in [1.82, 2.24) is 0 Å². The van der Waals surface area contributed by atoms with Gasteiger partial charge >= 0.3 is 17.9 Å². The molecule has 0 heterocycles. The van der Waals surface area contributed by atoms with Crippen molar-refractivity contribution in [3.05, 3.63) is 36.5 Å². The summed E-state index contributed by atoms with van der Waals surface area (Å²) < 4.78 is 17.0. The third kappa shape index (κ3) is 60.5. The number of hydrogen-bond donors (Lipinski definition) is 0. The third-order valence-electron chi connectivity index (χ3n) is 14.9. The van der Waals surface area contributed by atoms with Gasteiger partial charge in [0.1, 0.15) is 13.2 Å². The highest BCUT2D eigenvalue weighted by Crippen LogP contribution is 2.18. The van der Waals surface area contributed by atoms with Crippen molar-refractivity contribution in [2.45, 2.75) is 367 Å². The van der Waals surface area contributed by atoms with E-state index in [0.29, 0.717) is 19.3 Å². The molecular formula is C68H126O6. The Kier molecular flexibility index (Phi) is 61.1. The molecule has 0 aliphatic carbocycles. The summed E-state index contributed by atoms with van der Waals surface area (Å²) in [6, 6.07) is 0. The maximum atomic E-state index is 12.9. The third-order valence-corrected chi connectivity index (χ3v) is 14.9. The van der Waals surface area contributed by atoms with E-state index in [2.05, 4.69) is 57.2 Å². The standard InChI is InChI=1S/C68H126O6/c1-4-7-10-13-16-19-22-25-28-31-32-33-34-35-36-38-40-43-46-49-52-55-58-61-67(70)73-64-65(63-72-66(69)60-57-54-51-48-45-42-39-30-27-24-21-18-15-12-9-6-3)74-68(71)62-59-56-53-50-47-44-41-37-29-26-23-20-17-14-11-8-5-2/h22,25,31-32,34-35,65H,4-21,23-24,26-30,33,36-64H2,1-3H3/b25-22-,32-31-,35-34-. The molecule has 0 rings (SSSR count). The Balaban J connectivity index is 4.32. The van der Waals surface area contributed by atoms with E-state index in [-0.39, 0.29) is 31.1 Å². The molecule has 0 aromatic heterocycles. The number of unbranched alkanes of at least 4 members (excludes halogenated alkanes) is 44. The second-order valence-electron chi connectivity index (χ2n) is 22.4. The summed E-state index contributed by atoms with van der Waals surface area (Å²) >= 11 is 0. The molecule has 0 N–H and O–H groups in total. The van der Waals surface area contributed by atoms with Crippen molar-refractivity contribution < 1.29 is 28.6 Å². The van der Waals surface area contributed by atoms with Crippen molar-refractivity contribution in [3.63, 3.8) is 0 Å². The van der Waals surface area contributed by atoms with Crippen molar-refractivity contribution >= 4 is 17.9 Å². The van der Waals surface area contributed by atoms with Crippen LogP contribution in [0.4, 0.5) is 0 Å². The van der Waals surface area contributed by atoms with E-state index >= 15 is 0 Å². The first-order valence-electron chi connectivity index (χ1n) is 33.0. The number of esters is 3. The Labute approximate surface area is 461 Å². The van der Waals surface area contributed by atoms with Gasteiger partial charge < -0.3 is 14.2 Å². The number of hydrogen-bond acceptors (Lipinski definition) is 6. The summed E-state index contributed by atoms with van der Waals surface area (Å²) in [5, 5.41) is 0. The first kappa shape index (κ1) is 71.6. The number of rotatable bonds is 61. The molecule has 1 atom stereocenters. The van der Waals surface area contributed by atoms with Crippen molar-refractivity contribution in [3.8, 4) is 0 Å². The van der Waals surface area contributed by atoms with Crippen LogP contribution in [0.15, 0.2) is 36.5 Å². The average Bonchev–Trinajstić information content (AvgIpc) is 3.40. The Morgan fingerprint density at radius 1 is 0.270 bits per heavy atom. The lowest BCUT2D eigenvalue weighted by Gasteiger charge is -2.18. The minimum absolute atomic E-state index is 0.0686. The van der Waals surface area contributed by atoms with Crippen molar-refractivity contribution in [2.75, 3.05) is 13.2 Å². The zero-order chi connectivity index (χ0) is 53.6. The summed E-state index contributed by atoms with van der Waals surface area (Å²) in [7, 11) is 0. The molecule has 0 aromatic carbocycles. The van der Waals surface area contributed by atoms with Gasteiger partial charge in [0.05, 0.1) is 0 Å². The summed E-state index contributed by atoms with van der Waals surface area (Å²) in [5.41, 5.74) is 0. The van der Waals surface area contributed by atoms with Gasteiger partial charge in [-0.1, -0.05) is 320 Å². The smallest absolute Gasteiger partial charge is 0.306 e. The Morgan fingerprint density at radius 3 is 0.757 bits per heavy atom. The number of carbonyl (C=O) groups is 3. The van der Waals surface area contributed by atoms with E-state index < -0.39 is 6.10 Å². The fourth-order valence-corrected chi connectivity index (χ4v) is 9.92. The second kappa shape index (κ2) is 63.2. The molecular weight excluding hydrogens is 913 g/mol. The largest absolute Gasteiger partial charge is 0.462 e. The Morgan fingerprint density at radius 2 is 0.486 bits per heavy atom. The fraction of sp³-hybridized carbons (Fsp3) is 0.868. The molecule has 74 heavy (non-hydrogen) atoms. The van der Waals surface area contributed by atoms with E-state index in [1.54, 1.807) is 0 Å². The lowest BCUT2D eigenvalue weighted by atomic mass is 10.0. The normalized spacial score (nSPS) is 12.2. The highest BCUT2D eigenvalue weighted by atomic mass is 16.6. The van der Waals surface area contributed by atoms with Crippen LogP contribution in [0.2, 0.25) is 0 Å². The summed E-state index contributed by atoms with van der Waals surface area (Å²) in [4.78, 5) is 38.4. The van der Waals surface area contributed by atoms with Crippen LogP contribution in [-0.2, 0) is 28.6 Å². The highest BCUT2D eigenvalue weighted by molar-refractivity contribution is 5.71. The average molecular weight is 1040 g/mol. The van der Waals surface area contributed by atoms with Crippen LogP contribution in [0.3, 0.4) is 0 Å². The molecule has 0 aliphatic heterocycles. The van der Waals surface area contributed by atoms with Crippen LogP contribution < -0.4 is 0 Å². The molecule has 6 nitrogen and oxygen atoms in total. The molecule has 0 spiro atoms. The van der Waals surface area contributed by atoms with Gasteiger partial charge in [-0.25, -0.2) is 0 Å². The topological polar surface area (TPSA) is 78.9 Å². The lowest BCUT2D eigenvalue weighted by molar-refractivity contribution is -0.167. The van der Waals surface area contributed by atoms with E-state index in [1.807, 2.05) is 0 Å². The minimum atomic E-state index is -0.772. The monoisotopic (exact) mass is 1040 g/mol. The van der Waals surface area contributed by atoms with Crippen LogP contribution in [0.1, 0.15) is 361 Å². The maximum absolute atomic E-state index is 12.9. The molecule has 0 radical (unpaired) electrons.